The fraction of sp³-hybridized carbons (Fsp3) is 0.233. The first kappa shape index (κ1) is 34.9. The van der Waals surface area contributed by atoms with Crippen LogP contribution in [0.4, 0.5) is 0 Å². The van der Waals surface area contributed by atoms with Gasteiger partial charge in [0.1, 0.15) is 0 Å². The number of nitrogens with zero attached hydrogens (tertiary/aromatic N) is 3. The van der Waals surface area contributed by atoms with Crippen LogP contribution in [-0.4, -0.2) is 28.2 Å². The normalized spacial score (nSPS) is 12.2. The number of benzene rings is 3. The van der Waals surface area contributed by atoms with E-state index in [0.29, 0.717) is 5.71 Å². The zero-order valence-electron chi connectivity index (χ0n) is 30.5. The minimum absolute atomic E-state index is 0. The van der Waals surface area contributed by atoms with Crippen molar-refractivity contribution >= 4 is 39.7 Å². The van der Waals surface area contributed by atoms with Crippen molar-refractivity contribution in [3.63, 3.8) is 0 Å². The third kappa shape index (κ3) is 8.29. The van der Waals surface area contributed by atoms with Crippen LogP contribution in [-0.2, 0) is 25.5 Å². The molecule has 0 fully saturated rings. The Hall–Kier alpha value is -3.90. The molecule has 0 saturated carbocycles. The van der Waals surface area contributed by atoms with E-state index < -0.39 is 19.2 Å². The molecular formula is C43H43GeIrN3O-2. The zero-order chi connectivity index (χ0) is 35.0. The van der Waals surface area contributed by atoms with E-state index in [1.807, 2.05) is 80.8 Å². The smallest absolute Gasteiger partial charge is 0 e. The molecule has 0 saturated heterocycles. The van der Waals surface area contributed by atoms with Gasteiger partial charge in [-0.05, 0) is 34.9 Å². The Morgan fingerprint density at radius 2 is 1.51 bits per heavy atom. The fourth-order valence-corrected chi connectivity index (χ4v) is 9.05. The fourth-order valence-electron chi connectivity index (χ4n) is 5.73. The van der Waals surface area contributed by atoms with Crippen molar-refractivity contribution in [1.82, 2.24) is 15.0 Å². The maximum absolute atomic E-state index is 8.44. The second-order valence-corrected chi connectivity index (χ2v) is 25.0. The summed E-state index contributed by atoms with van der Waals surface area (Å²) in [6.45, 7) is 10.5. The van der Waals surface area contributed by atoms with Gasteiger partial charge in [-0.25, -0.2) is 4.98 Å². The van der Waals surface area contributed by atoms with Gasteiger partial charge in [-0.15, -0.1) is 23.8 Å². The van der Waals surface area contributed by atoms with Crippen LogP contribution in [0.1, 0.15) is 53.0 Å². The van der Waals surface area contributed by atoms with Gasteiger partial charge in [-0.3, -0.25) is 0 Å². The Bertz CT molecular complexity index is 2230. The van der Waals surface area contributed by atoms with E-state index in [9.17, 15) is 0 Å². The molecule has 3 aromatic carbocycles. The number of fused-ring (bicyclic) bond motifs is 3. The molecule has 4 nitrogen and oxygen atoms in total. The summed E-state index contributed by atoms with van der Waals surface area (Å²) in [7, 11) is 0. The zero-order valence-corrected chi connectivity index (χ0v) is 34.0. The Morgan fingerprint density at radius 1 is 0.776 bits per heavy atom. The number of hydrogen-bond acceptors (Lipinski definition) is 4. The molecule has 7 aromatic rings. The van der Waals surface area contributed by atoms with Gasteiger partial charge in [-0.2, -0.15) is 0 Å². The van der Waals surface area contributed by atoms with Gasteiger partial charge in [0, 0.05) is 37.3 Å². The van der Waals surface area contributed by atoms with Crippen molar-refractivity contribution in [3.8, 4) is 33.8 Å². The van der Waals surface area contributed by atoms with Crippen molar-refractivity contribution in [2.24, 2.45) is 0 Å². The number of aromatic nitrogens is 3. The van der Waals surface area contributed by atoms with E-state index in [0.717, 1.165) is 55.7 Å². The van der Waals surface area contributed by atoms with Gasteiger partial charge in [0.2, 0.25) is 5.71 Å². The topological polar surface area (TPSA) is 51.8 Å². The molecule has 4 aromatic heterocycles. The molecular weight excluding hydrogens is 839 g/mol. The molecule has 0 spiro atoms. The monoisotopic (exact) mass is 885 g/mol. The maximum Gasteiger partial charge on any atom is 0 e. The first-order valence-corrected chi connectivity index (χ1v) is 23.8. The summed E-state index contributed by atoms with van der Waals surface area (Å²) in [6, 6.07) is 39.0. The predicted molar refractivity (Wildman–Crippen MR) is 203 cm³/mol. The molecule has 1 radical (unpaired) electrons. The van der Waals surface area contributed by atoms with Gasteiger partial charge in [-0.1, -0.05) is 62.6 Å². The summed E-state index contributed by atoms with van der Waals surface area (Å²) in [6.07, 6.45) is 3.87. The SMILES string of the molecule is CC(C)(C)c1ccnc(-c2[c-]cc3oc4nc(-c5ccccc5)ccc4c3c2)c1.[2H]C(C)(C)c1cc(-c2[c-]cccc2)nc[c]1[Ge]([CH3])([CH3])[CH3].[Ir]. The van der Waals surface area contributed by atoms with Crippen molar-refractivity contribution in [2.75, 3.05) is 0 Å². The summed E-state index contributed by atoms with van der Waals surface area (Å²) in [5, 5.41) is 2.03. The van der Waals surface area contributed by atoms with Gasteiger partial charge < -0.3 is 9.40 Å². The van der Waals surface area contributed by atoms with Crippen LogP contribution < -0.4 is 4.40 Å². The van der Waals surface area contributed by atoms with Crippen molar-refractivity contribution in [1.29, 1.82) is 0 Å². The quantitative estimate of drug-likeness (QED) is 0.128. The third-order valence-electron chi connectivity index (χ3n) is 8.48. The number of pyridine rings is 3. The number of hydrogen-bond donors (Lipinski definition) is 0. The molecule has 0 amide bonds. The van der Waals surface area contributed by atoms with E-state index in [4.69, 9.17) is 10.8 Å². The molecule has 0 unspecified atom stereocenters. The van der Waals surface area contributed by atoms with Crippen LogP contribution >= 0.6 is 0 Å². The third-order valence-corrected chi connectivity index (χ3v) is 12.7. The Kier molecular flexibility index (Phi) is 10.6. The van der Waals surface area contributed by atoms with E-state index in [1.165, 1.54) is 9.96 Å². The largest absolute Gasteiger partial charge is 0 e. The molecule has 0 aliphatic heterocycles. The Morgan fingerprint density at radius 3 is 2.18 bits per heavy atom. The summed E-state index contributed by atoms with van der Waals surface area (Å²) < 4.78 is 15.8. The van der Waals surface area contributed by atoms with E-state index in [2.05, 4.69) is 103 Å². The van der Waals surface area contributed by atoms with Gasteiger partial charge in [0.25, 0.3) is 0 Å². The standard InChI is InChI=1S/C26H21N2O.C17H22GeN.Ir/c1-26(2,3)19-13-14-27-23(16-19)18-9-12-24-21(15-18)20-10-11-22(28-25(20)29-24)17-7-5-4-6-8-17;1-13(2)15-11-17(14-9-7-6-8-10-14)19-12-16(15)18(3,4)5;/h4-8,10-16H,1-3H3;6-9,11-13H,1-5H3;/q2*-1;/i;13D;. The average Bonchev–Trinajstić information content (AvgIpc) is 3.45. The molecule has 0 aliphatic rings. The molecule has 7 rings (SSSR count). The minimum Gasteiger partial charge on any atom is 0 e. The van der Waals surface area contributed by atoms with Crippen molar-refractivity contribution in [2.45, 2.75) is 63.2 Å². The number of rotatable bonds is 5. The van der Waals surface area contributed by atoms with E-state index in [1.54, 1.807) is 0 Å². The van der Waals surface area contributed by atoms with E-state index >= 15 is 0 Å². The molecule has 251 valence electrons. The second kappa shape index (κ2) is 14.9. The van der Waals surface area contributed by atoms with Crippen LogP contribution in [0.5, 0.6) is 0 Å². The molecule has 6 heteroatoms. The van der Waals surface area contributed by atoms with Gasteiger partial charge in [0.15, 0.2) is 0 Å². The molecule has 0 aliphatic carbocycles. The summed E-state index contributed by atoms with van der Waals surface area (Å²) >= 11 is -2.03. The molecule has 0 N–H and O–H groups in total. The van der Waals surface area contributed by atoms with Crippen LogP contribution in [0.15, 0.2) is 114 Å². The van der Waals surface area contributed by atoms with Crippen LogP contribution in [0.2, 0.25) is 17.3 Å². The van der Waals surface area contributed by atoms with Crippen molar-refractivity contribution < 1.29 is 25.9 Å². The molecule has 49 heavy (non-hydrogen) atoms. The Balaban J connectivity index is 0.000000204. The second-order valence-electron chi connectivity index (χ2n) is 14.5. The van der Waals surface area contributed by atoms with Crippen LogP contribution in [0.25, 0.3) is 55.8 Å². The van der Waals surface area contributed by atoms with Crippen molar-refractivity contribution in [3.05, 3.63) is 133 Å². The first-order valence-electron chi connectivity index (χ1n) is 16.9. The summed E-state index contributed by atoms with van der Waals surface area (Å²) in [5.74, 6) is 6.45. The summed E-state index contributed by atoms with van der Waals surface area (Å²) in [5.41, 5.74) is 9.63. The number of furan rings is 1. The average molecular weight is 884 g/mol. The first-order chi connectivity index (χ1) is 23.2. The maximum atomic E-state index is 8.44. The van der Waals surface area contributed by atoms with Gasteiger partial charge >= 0.3 is 120 Å². The van der Waals surface area contributed by atoms with Crippen LogP contribution in [0, 0.1) is 12.1 Å². The molecule has 0 bridgehead atoms. The molecule has 4 heterocycles. The minimum atomic E-state index is -2.03. The van der Waals surface area contributed by atoms with E-state index in [-0.39, 0.29) is 25.5 Å². The predicted octanol–water partition coefficient (Wildman–Crippen LogP) is 11.0. The van der Waals surface area contributed by atoms with Crippen LogP contribution in [0.3, 0.4) is 0 Å². The Labute approximate surface area is 308 Å². The summed E-state index contributed by atoms with van der Waals surface area (Å²) in [4.78, 5) is 13.9. The molecule has 0 atom stereocenters. The van der Waals surface area contributed by atoms with Gasteiger partial charge in [0.05, 0.1) is 11.3 Å².